The number of hydrogen-bond acceptors (Lipinski definition) is 4. The third-order valence-corrected chi connectivity index (χ3v) is 5.17. The molecule has 0 atom stereocenters. The van der Waals surface area contributed by atoms with Crippen LogP contribution in [0.15, 0.2) is 48.5 Å². The predicted molar refractivity (Wildman–Crippen MR) is 106 cm³/mol. The molecule has 27 heavy (non-hydrogen) atoms. The van der Waals surface area contributed by atoms with Crippen molar-refractivity contribution in [2.24, 2.45) is 0 Å². The van der Waals surface area contributed by atoms with Crippen molar-refractivity contribution in [3.05, 3.63) is 70.2 Å². The molecule has 0 aliphatic carbocycles. The fourth-order valence-corrected chi connectivity index (χ4v) is 3.33. The van der Waals surface area contributed by atoms with Gasteiger partial charge in [-0.2, -0.15) is 0 Å². The van der Waals surface area contributed by atoms with Crippen LogP contribution in [0.25, 0.3) is 0 Å². The Balaban J connectivity index is 1.41. The van der Waals surface area contributed by atoms with Crippen LogP contribution < -0.4 is 0 Å². The number of carboxylic acids is 1. The van der Waals surface area contributed by atoms with E-state index >= 15 is 0 Å². The van der Waals surface area contributed by atoms with Crippen molar-refractivity contribution in [3.8, 4) is 0 Å². The van der Waals surface area contributed by atoms with Gasteiger partial charge in [0.05, 0.1) is 12.1 Å². The predicted octanol–water partition coefficient (Wildman–Crippen LogP) is 3.08. The molecule has 0 amide bonds. The highest BCUT2D eigenvalue weighted by molar-refractivity contribution is 6.30. The molecule has 1 N–H and O–H groups in total. The number of aromatic carboxylic acids is 1. The third-order valence-electron chi connectivity index (χ3n) is 4.92. The summed E-state index contributed by atoms with van der Waals surface area (Å²) in [7, 11) is 0. The van der Waals surface area contributed by atoms with Crippen molar-refractivity contribution in [2.45, 2.75) is 6.42 Å². The summed E-state index contributed by atoms with van der Waals surface area (Å²) in [6.45, 7) is 4.98. The Morgan fingerprint density at radius 3 is 2.00 bits per heavy atom. The molecule has 0 spiro atoms. The fourth-order valence-electron chi connectivity index (χ4n) is 3.20. The zero-order chi connectivity index (χ0) is 19.2. The van der Waals surface area contributed by atoms with Gasteiger partial charge in [0.15, 0.2) is 5.78 Å². The highest BCUT2D eigenvalue weighted by atomic mass is 35.5. The van der Waals surface area contributed by atoms with E-state index in [4.69, 9.17) is 16.7 Å². The van der Waals surface area contributed by atoms with Gasteiger partial charge in [0.1, 0.15) is 0 Å². The number of carbonyl (C=O) groups is 2. The zero-order valence-electron chi connectivity index (χ0n) is 15.1. The number of halogens is 1. The fraction of sp³-hybridized carbons (Fsp3) is 0.333. The van der Waals surface area contributed by atoms with Crippen molar-refractivity contribution >= 4 is 23.4 Å². The Morgan fingerprint density at radius 1 is 0.852 bits per heavy atom. The van der Waals surface area contributed by atoms with Crippen LogP contribution in [-0.4, -0.2) is 65.9 Å². The molecule has 0 bridgehead atoms. The van der Waals surface area contributed by atoms with Gasteiger partial charge >= 0.3 is 5.97 Å². The van der Waals surface area contributed by atoms with Crippen LogP contribution >= 0.6 is 11.6 Å². The highest BCUT2D eigenvalue weighted by Crippen LogP contribution is 2.12. The van der Waals surface area contributed by atoms with Gasteiger partial charge in [0, 0.05) is 43.3 Å². The first-order chi connectivity index (χ1) is 13.0. The first kappa shape index (κ1) is 19.5. The number of Topliss-reactive ketones (excluding diaryl/α,β-unsaturated/α-hetero) is 1. The third kappa shape index (κ3) is 5.63. The Kier molecular flexibility index (Phi) is 6.61. The van der Waals surface area contributed by atoms with Crippen LogP contribution in [0.5, 0.6) is 0 Å². The largest absolute Gasteiger partial charge is 0.478 e. The van der Waals surface area contributed by atoms with Crippen LogP contribution in [0.1, 0.15) is 26.3 Å². The smallest absolute Gasteiger partial charge is 0.335 e. The molecule has 1 aliphatic rings. The first-order valence-corrected chi connectivity index (χ1v) is 9.45. The van der Waals surface area contributed by atoms with Crippen LogP contribution in [0.4, 0.5) is 0 Å². The minimum Gasteiger partial charge on any atom is -0.478 e. The molecule has 1 aliphatic heterocycles. The summed E-state index contributed by atoms with van der Waals surface area (Å²) in [5.74, 6) is -0.774. The molecule has 0 aromatic heterocycles. The number of nitrogens with zero attached hydrogens (tertiary/aromatic N) is 2. The van der Waals surface area contributed by atoms with Gasteiger partial charge in [-0.15, -0.1) is 0 Å². The number of ketones is 1. The molecule has 0 unspecified atom stereocenters. The summed E-state index contributed by atoms with van der Waals surface area (Å²) >= 11 is 5.87. The molecular formula is C21H23ClN2O3. The molecule has 1 fully saturated rings. The monoisotopic (exact) mass is 386 g/mol. The van der Waals surface area contributed by atoms with E-state index < -0.39 is 5.97 Å². The maximum Gasteiger partial charge on any atom is 0.335 e. The Labute approximate surface area is 164 Å². The topological polar surface area (TPSA) is 60.9 Å². The van der Waals surface area contributed by atoms with E-state index in [1.165, 1.54) is 0 Å². The van der Waals surface area contributed by atoms with Gasteiger partial charge in [-0.25, -0.2) is 4.79 Å². The normalized spacial score (nSPS) is 15.6. The molecule has 0 saturated carbocycles. The van der Waals surface area contributed by atoms with Crippen molar-refractivity contribution in [1.29, 1.82) is 0 Å². The number of benzene rings is 2. The van der Waals surface area contributed by atoms with Gasteiger partial charge in [0.25, 0.3) is 0 Å². The zero-order valence-corrected chi connectivity index (χ0v) is 15.9. The summed E-state index contributed by atoms with van der Waals surface area (Å²) in [5.41, 5.74) is 2.16. The summed E-state index contributed by atoms with van der Waals surface area (Å²) in [6, 6.07) is 14.1. The standard InChI is InChI=1S/C21H23ClN2O3/c22-19-7-5-17(6-8-19)20(25)15-24-13-11-23(12-14-24)10-9-16-1-3-18(4-2-16)21(26)27/h1-8H,9-15H2,(H,26,27). The van der Waals surface area contributed by atoms with Gasteiger partial charge in [-0.05, 0) is 48.4 Å². The average molecular weight is 387 g/mol. The molecule has 1 heterocycles. The van der Waals surface area contributed by atoms with E-state index in [0.29, 0.717) is 22.7 Å². The highest BCUT2D eigenvalue weighted by Gasteiger charge is 2.19. The number of hydrogen-bond donors (Lipinski definition) is 1. The quantitative estimate of drug-likeness (QED) is 0.741. The molecule has 1 saturated heterocycles. The van der Waals surface area contributed by atoms with Crippen LogP contribution in [-0.2, 0) is 6.42 Å². The van der Waals surface area contributed by atoms with E-state index in [-0.39, 0.29) is 5.78 Å². The van der Waals surface area contributed by atoms with Crippen LogP contribution in [0.3, 0.4) is 0 Å². The van der Waals surface area contributed by atoms with E-state index in [2.05, 4.69) is 9.80 Å². The Hall–Kier alpha value is -2.21. The van der Waals surface area contributed by atoms with E-state index in [1.54, 1.807) is 36.4 Å². The number of carboxylic acid groups (broad SMARTS) is 1. The lowest BCUT2D eigenvalue weighted by molar-refractivity contribution is 0.0696. The van der Waals surface area contributed by atoms with Gasteiger partial charge < -0.3 is 10.0 Å². The Morgan fingerprint density at radius 2 is 1.41 bits per heavy atom. The lowest BCUT2D eigenvalue weighted by atomic mass is 10.1. The molecule has 0 radical (unpaired) electrons. The maximum absolute atomic E-state index is 12.4. The van der Waals surface area contributed by atoms with E-state index in [1.807, 2.05) is 12.1 Å². The van der Waals surface area contributed by atoms with Crippen molar-refractivity contribution < 1.29 is 14.7 Å². The molecule has 2 aromatic carbocycles. The second-order valence-electron chi connectivity index (χ2n) is 6.80. The SMILES string of the molecule is O=C(O)c1ccc(CCN2CCN(CC(=O)c3ccc(Cl)cc3)CC2)cc1. The molecule has 6 heteroatoms. The van der Waals surface area contributed by atoms with Crippen molar-refractivity contribution in [1.82, 2.24) is 9.80 Å². The molecule has 2 aromatic rings. The lowest BCUT2D eigenvalue weighted by Crippen LogP contribution is -2.48. The second kappa shape index (κ2) is 9.13. The maximum atomic E-state index is 12.4. The average Bonchev–Trinajstić information content (AvgIpc) is 2.68. The summed E-state index contributed by atoms with van der Waals surface area (Å²) in [5, 5.41) is 9.58. The summed E-state index contributed by atoms with van der Waals surface area (Å²) in [6.07, 6.45) is 0.892. The number of piperazine rings is 1. The summed E-state index contributed by atoms with van der Waals surface area (Å²) in [4.78, 5) is 27.8. The van der Waals surface area contributed by atoms with E-state index in [0.717, 1.165) is 44.7 Å². The van der Waals surface area contributed by atoms with Gasteiger partial charge in [0.2, 0.25) is 0 Å². The summed E-state index contributed by atoms with van der Waals surface area (Å²) < 4.78 is 0. The van der Waals surface area contributed by atoms with Gasteiger partial charge in [-0.3, -0.25) is 9.69 Å². The minimum atomic E-state index is -0.897. The van der Waals surface area contributed by atoms with Crippen LogP contribution in [0, 0.1) is 0 Å². The van der Waals surface area contributed by atoms with E-state index in [9.17, 15) is 9.59 Å². The lowest BCUT2D eigenvalue weighted by Gasteiger charge is -2.34. The molecule has 142 valence electrons. The van der Waals surface area contributed by atoms with Crippen LogP contribution in [0.2, 0.25) is 5.02 Å². The van der Waals surface area contributed by atoms with Crippen molar-refractivity contribution in [2.75, 3.05) is 39.3 Å². The van der Waals surface area contributed by atoms with Gasteiger partial charge in [-0.1, -0.05) is 23.7 Å². The first-order valence-electron chi connectivity index (χ1n) is 9.07. The Bertz CT molecular complexity index is 782. The number of carbonyl (C=O) groups excluding carboxylic acids is 1. The molecular weight excluding hydrogens is 364 g/mol. The molecule has 3 rings (SSSR count). The molecule has 5 nitrogen and oxygen atoms in total. The minimum absolute atomic E-state index is 0.124. The van der Waals surface area contributed by atoms with Crippen molar-refractivity contribution in [3.63, 3.8) is 0 Å². The number of rotatable bonds is 7. The second-order valence-corrected chi connectivity index (χ2v) is 7.24.